The first-order valence-corrected chi connectivity index (χ1v) is 9.59. The van der Waals surface area contributed by atoms with Crippen LogP contribution in [0.3, 0.4) is 0 Å². The molecule has 0 saturated carbocycles. The number of nitrogens with one attached hydrogen (secondary N) is 2. The zero-order valence-corrected chi connectivity index (χ0v) is 13.0. The Morgan fingerprint density at radius 2 is 2.00 bits per heavy atom. The molecule has 2 N–H and O–H groups in total. The molecule has 0 aliphatic carbocycles. The van der Waals surface area contributed by atoms with Crippen molar-refractivity contribution in [3.05, 3.63) is 0 Å². The van der Waals surface area contributed by atoms with Gasteiger partial charge in [-0.1, -0.05) is 0 Å². The van der Waals surface area contributed by atoms with Gasteiger partial charge in [-0.25, -0.2) is 0 Å². The van der Waals surface area contributed by atoms with E-state index in [-0.39, 0.29) is 18.3 Å². The molecule has 3 fully saturated rings. The molecule has 0 spiro atoms. The fourth-order valence-electron chi connectivity index (χ4n) is 3.38. The zero-order valence-electron chi connectivity index (χ0n) is 12.0. The zero-order chi connectivity index (χ0) is 13.3. The van der Waals surface area contributed by atoms with Crippen LogP contribution in [0.15, 0.2) is 0 Å². The van der Waals surface area contributed by atoms with Crippen molar-refractivity contribution in [1.82, 2.24) is 10.6 Å². The van der Waals surface area contributed by atoms with E-state index >= 15 is 0 Å². The summed E-state index contributed by atoms with van der Waals surface area (Å²) in [5.41, 5.74) is 0. The van der Waals surface area contributed by atoms with Crippen LogP contribution in [-0.4, -0.2) is 52.8 Å². The highest BCUT2D eigenvalue weighted by atomic mass is 28.4. The van der Waals surface area contributed by atoms with E-state index in [1.165, 1.54) is 19.4 Å². The van der Waals surface area contributed by atoms with Gasteiger partial charge in [0.05, 0.1) is 18.3 Å². The van der Waals surface area contributed by atoms with Crippen molar-refractivity contribution < 1.29 is 13.3 Å². The van der Waals surface area contributed by atoms with Crippen LogP contribution in [0.2, 0.25) is 6.04 Å². The van der Waals surface area contributed by atoms with Crippen LogP contribution >= 0.6 is 0 Å². The SMILES string of the molecule is CC1O[Si]2(CCCNCC3CCCN3)OC(C)C1O2. The van der Waals surface area contributed by atoms with E-state index in [1.54, 1.807) is 0 Å². The lowest BCUT2D eigenvalue weighted by Gasteiger charge is -2.26. The van der Waals surface area contributed by atoms with Crippen molar-refractivity contribution >= 4 is 8.80 Å². The van der Waals surface area contributed by atoms with Crippen molar-refractivity contribution in [2.24, 2.45) is 0 Å². The quantitative estimate of drug-likeness (QED) is 0.561. The summed E-state index contributed by atoms with van der Waals surface area (Å²) in [6, 6.07) is 1.62. The summed E-state index contributed by atoms with van der Waals surface area (Å²) in [5.74, 6) is 0. The minimum absolute atomic E-state index is 0.169. The van der Waals surface area contributed by atoms with E-state index in [4.69, 9.17) is 13.3 Å². The molecule has 2 bridgehead atoms. The molecule has 0 aromatic rings. The molecule has 0 amide bonds. The smallest absolute Gasteiger partial charge is 0.368 e. The molecule has 3 heterocycles. The Hall–Kier alpha value is 0.0169. The second kappa shape index (κ2) is 5.79. The predicted octanol–water partition coefficient (Wildman–Crippen LogP) is 0.880. The van der Waals surface area contributed by atoms with Crippen LogP contribution in [0.5, 0.6) is 0 Å². The lowest BCUT2D eigenvalue weighted by molar-refractivity contribution is 0.0405. The van der Waals surface area contributed by atoms with Crippen LogP contribution < -0.4 is 10.6 Å². The van der Waals surface area contributed by atoms with Crippen LogP contribution in [0.4, 0.5) is 0 Å². The largest absolute Gasteiger partial charge is 0.502 e. The Labute approximate surface area is 116 Å². The molecule has 0 aromatic heterocycles. The Morgan fingerprint density at radius 1 is 1.21 bits per heavy atom. The summed E-state index contributed by atoms with van der Waals surface area (Å²) in [7, 11) is -2.30. The van der Waals surface area contributed by atoms with Gasteiger partial charge in [-0.2, -0.15) is 0 Å². The highest BCUT2D eigenvalue weighted by Gasteiger charge is 2.60. The van der Waals surface area contributed by atoms with Crippen LogP contribution in [0.1, 0.15) is 33.1 Å². The van der Waals surface area contributed by atoms with E-state index in [1.807, 2.05) is 0 Å². The summed E-state index contributed by atoms with van der Waals surface area (Å²) in [6.07, 6.45) is 4.29. The minimum atomic E-state index is -2.30. The topological polar surface area (TPSA) is 51.8 Å². The van der Waals surface area contributed by atoms with Crippen molar-refractivity contribution in [2.75, 3.05) is 19.6 Å². The molecule has 6 heteroatoms. The van der Waals surface area contributed by atoms with Gasteiger partial charge in [0, 0.05) is 18.6 Å². The standard InChI is InChI=1S/C13H26N2O3Si/c1-10-13-11(2)17-19(16-10,18-13)8-4-6-14-9-12-5-3-7-15-12/h10-15H,3-9H2,1-2H3. The van der Waals surface area contributed by atoms with Gasteiger partial charge in [0.1, 0.15) is 0 Å². The van der Waals surface area contributed by atoms with Crippen LogP contribution in [-0.2, 0) is 13.3 Å². The molecule has 5 nitrogen and oxygen atoms in total. The van der Waals surface area contributed by atoms with Gasteiger partial charge >= 0.3 is 8.80 Å². The van der Waals surface area contributed by atoms with E-state index in [0.717, 1.165) is 25.6 Å². The molecule has 3 unspecified atom stereocenters. The molecular weight excluding hydrogens is 260 g/mol. The van der Waals surface area contributed by atoms with Crippen LogP contribution in [0.25, 0.3) is 0 Å². The maximum absolute atomic E-state index is 6.02. The molecule has 3 atom stereocenters. The average molecular weight is 286 g/mol. The minimum Gasteiger partial charge on any atom is -0.368 e. The molecule has 0 radical (unpaired) electrons. The monoisotopic (exact) mass is 286 g/mol. The Kier molecular flexibility index (Phi) is 4.26. The Balaban J connectivity index is 1.34. The van der Waals surface area contributed by atoms with Gasteiger partial charge in [0.15, 0.2) is 0 Å². The van der Waals surface area contributed by atoms with Gasteiger partial charge in [-0.3, -0.25) is 0 Å². The van der Waals surface area contributed by atoms with Crippen molar-refractivity contribution in [3.63, 3.8) is 0 Å². The average Bonchev–Trinajstić information content (AvgIpc) is 3.03. The lowest BCUT2D eigenvalue weighted by Crippen LogP contribution is -2.44. The summed E-state index contributed by atoms with van der Waals surface area (Å²) in [5, 5.41) is 7.02. The Morgan fingerprint density at radius 3 is 2.63 bits per heavy atom. The second-order valence-electron chi connectivity index (χ2n) is 6.01. The van der Waals surface area contributed by atoms with E-state index < -0.39 is 8.80 Å². The van der Waals surface area contributed by atoms with Gasteiger partial charge in [-0.15, -0.1) is 0 Å². The molecule has 3 aliphatic heterocycles. The maximum atomic E-state index is 6.02. The number of fused-ring (bicyclic) bond motifs is 2. The number of rotatable bonds is 6. The summed E-state index contributed by atoms with van der Waals surface area (Å²) in [6.45, 7) is 7.48. The molecule has 3 rings (SSSR count). The van der Waals surface area contributed by atoms with Crippen molar-refractivity contribution in [1.29, 1.82) is 0 Å². The third-order valence-electron chi connectivity index (χ3n) is 4.36. The maximum Gasteiger partial charge on any atom is 0.502 e. The first kappa shape index (κ1) is 14.0. The fourth-order valence-corrected chi connectivity index (χ4v) is 6.71. The third kappa shape index (κ3) is 3.04. The molecule has 3 aliphatic rings. The van der Waals surface area contributed by atoms with Crippen molar-refractivity contribution in [2.45, 2.75) is 63.5 Å². The summed E-state index contributed by atoms with van der Waals surface area (Å²) >= 11 is 0. The fraction of sp³-hybridized carbons (Fsp3) is 1.00. The summed E-state index contributed by atoms with van der Waals surface area (Å²) < 4.78 is 17.9. The molecule has 19 heavy (non-hydrogen) atoms. The first-order valence-electron chi connectivity index (χ1n) is 7.66. The molecule has 0 aromatic carbocycles. The van der Waals surface area contributed by atoms with Crippen molar-refractivity contribution in [3.8, 4) is 0 Å². The van der Waals surface area contributed by atoms with Gasteiger partial charge in [0.2, 0.25) is 0 Å². The molecular formula is C13H26N2O3Si. The molecule has 110 valence electrons. The van der Waals surface area contributed by atoms with Gasteiger partial charge < -0.3 is 23.9 Å². The normalized spacial score (nSPS) is 45.2. The molecule has 3 saturated heterocycles. The highest BCUT2D eigenvalue weighted by Crippen LogP contribution is 2.40. The van der Waals surface area contributed by atoms with E-state index in [0.29, 0.717) is 6.04 Å². The second-order valence-corrected chi connectivity index (χ2v) is 8.59. The van der Waals surface area contributed by atoms with Gasteiger partial charge in [-0.05, 0) is 46.2 Å². The van der Waals surface area contributed by atoms with E-state index in [2.05, 4.69) is 24.5 Å². The highest BCUT2D eigenvalue weighted by molar-refractivity contribution is 6.62. The number of hydrogen-bond donors (Lipinski definition) is 2. The third-order valence-corrected chi connectivity index (χ3v) is 7.42. The number of hydrogen-bond acceptors (Lipinski definition) is 5. The van der Waals surface area contributed by atoms with Crippen LogP contribution in [0, 0.1) is 0 Å². The Bertz CT molecular complexity index is 300. The predicted molar refractivity (Wildman–Crippen MR) is 75.0 cm³/mol. The lowest BCUT2D eigenvalue weighted by atomic mass is 10.1. The first-order chi connectivity index (χ1) is 9.19. The van der Waals surface area contributed by atoms with Gasteiger partial charge in [0.25, 0.3) is 0 Å². The van der Waals surface area contributed by atoms with E-state index in [9.17, 15) is 0 Å². The summed E-state index contributed by atoms with van der Waals surface area (Å²) in [4.78, 5) is 0.